The Balaban J connectivity index is 1.97. The summed E-state index contributed by atoms with van der Waals surface area (Å²) in [6.45, 7) is 0. The van der Waals surface area contributed by atoms with E-state index in [9.17, 15) is 4.39 Å². The molecule has 0 saturated carbocycles. The van der Waals surface area contributed by atoms with Crippen LogP contribution in [-0.2, 0) is 0 Å². The summed E-state index contributed by atoms with van der Waals surface area (Å²) in [6.07, 6.45) is 4.61. The number of rotatable bonds is 3. The van der Waals surface area contributed by atoms with E-state index < -0.39 is 11.6 Å². The molecule has 128 valence electrons. The lowest BCUT2D eigenvalue weighted by molar-refractivity contribution is 0.621. The number of hydrogen-bond acceptors (Lipinski definition) is 5. The van der Waals surface area contributed by atoms with E-state index in [1.807, 2.05) is 0 Å². The number of fused-ring (bicyclic) bond motifs is 1. The van der Waals surface area contributed by atoms with Gasteiger partial charge in [0.1, 0.15) is 23.1 Å². The fraction of sp³-hybridized carbons (Fsp3) is 0.0526. The monoisotopic (exact) mass is 349 g/mol. The van der Waals surface area contributed by atoms with E-state index in [-0.39, 0.29) is 16.5 Å². The molecule has 0 aliphatic heterocycles. The van der Waals surface area contributed by atoms with Crippen molar-refractivity contribution in [3.05, 3.63) is 66.6 Å². The molecule has 0 bridgehead atoms. The van der Waals surface area contributed by atoms with E-state index in [4.69, 9.17) is 0 Å². The van der Waals surface area contributed by atoms with Gasteiger partial charge in [0.25, 0.3) is 0 Å². The average molecular weight is 349 g/mol. The topological polar surface area (TPSA) is 63.6 Å². The molecule has 4 aromatic rings. The second kappa shape index (κ2) is 6.44. The minimum absolute atomic E-state index is 0.156. The largest absolute Gasteiger partial charge is 0.372 e. The van der Waals surface area contributed by atoms with Crippen LogP contribution in [0.2, 0.25) is 0 Å². The first-order valence-electron chi connectivity index (χ1n) is 7.88. The summed E-state index contributed by atoms with van der Waals surface area (Å²) in [5.74, 6) is -0.448. The maximum atomic E-state index is 15.2. The van der Waals surface area contributed by atoms with Crippen molar-refractivity contribution >= 4 is 16.7 Å². The van der Waals surface area contributed by atoms with Crippen LogP contribution in [0, 0.1) is 11.6 Å². The first kappa shape index (κ1) is 16.0. The molecule has 7 heteroatoms. The molecular weight excluding hydrogens is 336 g/mol. The van der Waals surface area contributed by atoms with Crippen LogP contribution in [0.5, 0.6) is 0 Å². The zero-order chi connectivity index (χ0) is 18.1. The maximum absolute atomic E-state index is 15.2. The summed E-state index contributed by atoms with van der Waals surface area (Å²) in [5, 5.41) is 3.08. The van der Waals surface area contributed by atoms with Gasteiger partial charge in [-0.1, -0.05) is 18.2 Å². The highest BCUT2D eigenvalue weighted by Gasteiger charge is 2.18. The molecule has 5 nitrogen and oxygen atoms in total. The van der Waals surface area contributed by atoms with Gasteiger partial charge in [-0.3, -0.25) is 4.98 Å². The molecule has 0 unspecified atom stereocenters. The Labute approximate surface area is 147 Å². The Morgan fingerprint density at radius 2 is 1.77 bits per heavy atom. The van der Waals surface area contributed by atoms with Gasteiger partial charge >= 0.3 is 0 Å². The lowest BCUT2D eigenvalue weighted by Gasteiger charge is -2.12. The molecule has 0 atom stereocenters. The van der Waals surface area contributed by atoms with Gasteiger partial charge < -0.3 is 5.32 Å². The molecule has 2 aromatic carbocycles. The van der Waals surface area contributed by atoms with Gasteiger partial charge in [0.05, 0.1) is 17.1 Å². The van der Waals surface area contributed by atoms with Crippen LogP contribution in [0.25, 0.3) is 33.5 Å². The van der Waals surface area contributed by atoms with E-state index in [1.54, 1.807) is 31.4 Å². The number of benzene rings is 2. The Morgan fingerprint density at radius 1 is 0.923 bits per heavy atom. The average Bonchev–Trinajstić information content (AvgIpc) is 2.69. The third kappa shape index (κ3) is 2.63. The molecule has 0 aliphatic rings. The smallest absolute Gasteiger partial charge is 0.182 e. The molecule has 0 amide bonds. The minimum Gasteiger partial charge on any atom is -0.372 e. The lowest BCUT2D eigenvalue weighted by atomic mass is 10.0. The number of nitrogens with one attached hydrogen (secondary N) is 1. The van der Waals surface area contributed by atoms with Crippen molar-refractivity contribution in [3.8, 4) is 22.6 Å². The molecule has 2 heterocycles. The predicted octanol–water partition coefficient (Wildman–Crippen LogP) is 4.07. The second-order valence-electron chi connectivity index (χ2n) is 5.54. The summed E-state index contributed by atoms with van der Waals surface area (Å²) < 4.78 is 29.3. The molecule has 2 aromatic heterocycles. The normalized spacial score (nSPS) is 10.9. The first-order valence-corrected chi connectivity index (χ1v) is 7.88. The van der Waals surface area contributed by atoms with Crippen LogP contribution in [0.1, 0.15) is 0 Å². The van der Waals surface area contributed by atoms with E-state index in [2.05, 4.69) is 25.3 Å². The summed E-state index contributed by atoms with van der Waals surface area (Å²) in [4.78, 5) is 16.9. The van der Waals surface area contributed by atoms with Crippen LogP contribution in [-0.4, -0.2) is 27.0 Å². The Hall–Kier alpha value is -3.48. The third-order valence-electron chi connectivity index (χ3n) is 3.99. The second-order valence-corrected chi connectivity index (χ2v) is 5.54. The van der Waals surface area contributed by atoms with Crippen molar-refractivity contribution in [1.82, 2.24) is 19.9 Å². The van der Waals surface area contributed by atoms with Crippen LogP contribution in [0.15, 0.2) is 55.0 Å². The summed E-state index contributed by atoms with van der Waals surface area (Å²) >= 11 is 0. The van der Waals surface area contributed by atoms with Crippen molar-refractivity contribution in [2.45, 2.75) is 0 Å². The van der Waals surface area contributed by atoms with Crippen molar-refractivity contribution in [3.63, 3.8) is 0 Å². The van der Waals surface area contributed by atoms with Gasteiger partial charge in [-0.25, -0.2) is 23.7 Å². The summed E-state index contributed by atoms with van der Waals surface area (Å²) in [6, 6.07) is 9.21. The highest BCUT2D eigenvalue weighted by atomic mass is 19.1. The van der Waals surface area contributed by atoms with Gasteiger partial charge in [0.15, 0.2) is 5.82 Å². The number of halogens is 2. The lowest BCUT2D eigenvalue weighted by Crippen LogP contribution is -2.02. The number of anilines is 1. The van der Waals surface area contributed by atoms with Gasteiger partial charge in [-0.15, -0.1) is 0 Å². The summed E-state index contributed by atoms with van der Waals surface area (Å²) in [7, 11) is 1.64. The van der Waals surface area contributed by atoms with E-state index >= 15 is 4.39 Å². The van der Waals surface area contributed by atoms with Crippen LogP contribution >= 0.6 is 0 Å². The van der Waals surface area contributed by atoms with Crippen molar-refractivity contribution in [1.29, 1.82) is 0 Å². The number of aromatic nitrogens is 4. The zero-order valence-electron chi connectivity index (χ0n) is 13.7. The molecule has 1 N–H and O–H groups in total. The predicted molar refractivity (Wildman–Crippen MR) is 95.5 cm³/mol. The molecule has 0 fully saturated rings. The van der Waals surface area contributed by atoms with E-state index in [0.29, 0.717) is 22.9 Å². The van der Waals surface area contributed by atoms with Gasteiger partial charge in [0.2, 0.25) is 0 Å². The Bertz CT molecular complexity index is 1100. The number of nitrogens with zero attached hydrogens (tertiary/aromatic N) is 4. The fourth-order valence-electron chi connectivity index (χ4n) is 2.78. The van der Waals surface area contributed by atoms with Gasteiger partial charge in [-0.05, 0) is 18.2 Å². The fourth-order valence-corrected chi connectivity index (χ4v) is 2.78. The van der Waals surface area contributed by atoms with Crippen molar-refractivity contribution < 1.29 is 8.78 Å². The quantitative estimate of drug-likeness (QED) is 0.604. The van der Waals surface area contributed by atoms with E-state index in [1.165, 1.54) is 30.6 Å². The van der Waals surface area contributed by atoms with Crippen LogP contribution in [0.3, 0.4) is 0 Å². The highest BCUT2D eigenvalue weighted by molar-refractivity contribution is 5.94. The van der Waals surface area contributed by atoms with Crippen molar-refractivity contribution in [2.75, 3.05) is 12.4 Å². The highest BCUT2D eigenvalue weighted by Crippen LogP contribution is 2.33. The molecular formula is C19H13F2N5. The van der Waals surface area contributed by atoms with Gasteiger partial charge in [-0.2, -0.15) is 0 Å². The molecule has 4 rings (SSSR count). The standard InChI is InChI=1S/C19H13F2N5/c1-22-19-16-14(25-18(26-19)15-10-23-8-9-24-15)7-6-12(17(16)21)11-4-2-3-5-13(11)20/h2-10H,1H3,(H,22,25,26). The zero-order valence-corrected chi connectivity index (χ0v) is 13.7. The third-order valence-corrected chi connectivity index (χ3v) is 3.99. The SMILES string of the molecule is CNc1nc(-c2cnccn2)nc2ccc(-c3ccccc3F)c(F)c12. The number of hydrogen-bond donors (Lipinski definition) is 1. The van der Waals surface area contributed by atoms with Crippen molar-refractivity contribution in [2.24, 2.45) is 0 Å². The van der Waals surface area contributed by atoms with Crippen LogP contribution in [0.4, 0.5) is 14.6 Å². The molecule has 26 heavy (non-hydrogen) atoms. The molecule has 0 saturated heterocycles. The Morgan fingerprint density at radius 3 is 2.50 bits per heavy atom. The molecule has 0 aliphatic carbocycles. The van der Waals surface area contributed by atoms with E-state index in [0.717, 1.165) is 0 Å². The summed E-state index contributed by atoms with van der Waals surface area (Å²) in [5.41, 5.74) is 1.21. The molecule has 0 spiro atoms. The van der Waals surface area contributed by atoms with Gasteiger partial charge in [0, 0.05) is 30.6 Å². The van der Waals surface area contributed by atoms with Crippen LogP contribution < -0.4 is 5.32 Å². The maximum Gasteiger partial charge on any atom is 0.182 e. The minimum atomic E-state index is -0.581. The Kier molecular flexibility index (Phi) is 3.96. The first-order chi connectivity index (χ1) is 12.7. The molecule has 0 radical (unpaired) electrons.